The Hall–Kier alpha value is -1.74. The van der Waals surface area contributed by atoms with E-state index >= 15 is 0 Å². The molecular formula is C15H17NO2. The molecule has 1 aliphatic heterocycles. The normalized spacial score (nSPS) is 19.3. The van der Waals surface area contributed by atoms with E-state index in [4.69, 9.17) is 9.15 Å². The molecule has 3 nitrogen and oxygen atoms in total. The van der Waals surface area contributed by atoms with Crippen molar-refractivity contribution in [2.24, 2.45) is 0 Å². The topological polar surface area (TPSA) is 34.4 Å². The monoisotopic (exact) mass is 243 g/mol. The maximum Gasteiger partial charge on any atom is 0.123 e. The summed E-state index contributed by atoms with van der Waals surface area (Å²) in [4.78, 5) is 0. The highest BCUT2D eigenvalue weighted by molar-refractivity contribution is 5.37. The predicted octanol–water partition coefficient (Wildman–Crippen LogP) is 2.41. The van der Waals surface area contributed by atoms with Crippen LogP contribution in [0, 0.1) is 0 Å². The molecule has 1 N–H and O–H groups in total. The molecule has 0 fully saturated rings. The van der Waals surface area contributed by atoms with Crippen molar-refractivity contribution in [3.63, 3.8) is 0 Å². The summed E-state index contributed by atoms with van der Waals surface area (Å²) in [5, 5.41) is 3.35. The van der Waals surface area contributed by atoms with Gasteiger partial charge in [0.1, 0.15) is 11.9 Å². The Morgan fingerprint density at radius 1 is 1.33 bits per heavy atom. The molecule has 1 aromatic heterocycles. The van der Waals surface area contributed by atoms with Crippen LogP contribution in [-0.2, 0) is 12.8 Å². The Morgan fingerprint density at radius 2 is 2.22 bits per heavy atom. The van der Waals surface area contributed by atoms with Crippen molar-refractivity contribution < 1.29 is 9.15 Å². The summed E-state index contributed by atoms with van der Waals surface area (Å²) in [5.41, 5.74) is 2.50. The van der Waals surface area contributed by atoms with Crippen LogP contribution in [-0.4, -0.2) is 19.2 Å². The van der Waals surface area contributed by atoms with E-state index in [1.165, 1.54) is 11.1 Å². The number of para-hydroxylation sites is 1. The lowest BCUT2D eigenvalue weighted by Crippen LogP contribution is -2.42. The zero-order chi connectivity index (χ0) is 12.4. The van der Waals surface area contributed by atoms with Gasteiger partial charge in [-0.25, -0.2) is 0 Å². The summed E-state index contributed by atoms with van der Waals surface area (Å²) in [6.07, 6.45) is 5.60. The minimum absolute atomic E-state index is 0.197. The first kappa shape index (κ1) is 11.4. The summed E-state index contributed by atoms with van der Waals surface area (Å²) in [6.45, 7) is 0. The van der Waals surface area contributed by atoms with Gasteiger partial charge in [-0.1, -0.05) is 18.2 Å². The molecule has 0 saturated carbocycles. The molecule has 0 amide bonds. The average Bonchev–Trinajstić information content (AvgIpc) is 3.04. The van der Waals surface area contributed by atoms with E-state index in [2.05, 4.69) is 17.4 Å². The minimum Gasteiger partial charge on any atom is -0.488 e. The summed E-state index contributed by atoms with van der Waals surface area (Å²) in [6, 6.07) is 10.6. The second-order valence-electron chi connectivity index (χ2n) is 4.70. The largest absolute Gasteiger partial charge is 0.488 e. The fraction of sp³-hybridized carbons (Fsp3) is 0.333. The molecule has 0 saturated heterocycles. The van der Waals surface area contributed by atoms with E-state index in [1.807, 2.05) is 25.2 Å². The van der Waals surface area contributed by atoms with Crippen LogP contribution in [0.1, 0.15) is 11.1 Å². The van der Waals surface area contributed by atoms with E-state index in [0.29, 0.717) is 6.04 Å². The van der Waals surface area contributed by atoms with Crippen LogP contribution >= 0.6 is 0 Å². The number of benzene rings is 1. The Labute approximate surface area is 107 Å². The van der Waals surface area contributed by atoms with Crippen LogP contribution in [0.5, 0.6) is 5.75 Å². The number of hydrogen-bond donors (Lipinski definition) is 1. The number of fused-ring (bicyclic) bond motifs is 1. The number of likely N-dealkylation sites (N-methyl/N-ethyl adjacent to an activating group) is 1. The van der Waals surface area contributed by atoms with E-state index < -0.39 is 0 Å². The number of rotatable bonds is 4. The highest BCUT2D eigenvalue weighted by Gasteiger charge is 2.29. The van der Waals surface area contributed by atoms with E-state index in [0.717, 1.165) is 18.6 Å². The Bertz CT molecular complexity index is 479. The van der Waals surface area contributed by atoms with Crippen molar-refractivity contribution >= 4 is 0 Å². The molecule has 2 aromatic rings. The fourth-order valence-electron chi connectivity index (χ4n) is 2.52. The molecule has 2 atom stereocenters. The van der Waals surface area contributed by atoms with Gasteiger partial charge in [0.15, 0.2) is 0 Å². The zero-order valence-electron chi connectivity index (χ0n) is 10.4. The molecule has 18 heavy (non-hydrogen) atoms. The van der Waals surface area contributed by atoms with Crippen molar-refractivity contribution in [2.45, 2.75) is 25.0 Å². The molecule has 1 aromatic carbocycles. The predicted molar refractivity (Wildman–Crippen MR) is 69.8 cm³/mol. The quantitative estimate of drug-likeness (QED) is 0.895. The van der Waals surface area contributed by atoms with Crippen LogP contribution in [0.25, 0.3) is 0 Å². The van der Waals surface area contributed by atoms with Crippen molar-refractivity contribution in [1.29, 1.82) is 0 Å². The third-order valence-corrected chi connectivity index (χ3v) is 3.53. The van der Waals surface area contributed by atoms with Crippen LogP contribution in [0.3, 0.4) is 0 Å². The van der Waals surface area contributed by atoms with Crippen LogP contribution < -0.4 is 10.1 Å². The zero-order valence-corrected chi connectivity index (χ0v) is 10.4. The molecule has 0 spiro atoms. The first-order chi connectivity index (χ1) is 8.86. The van der Waals surface area contributed by atoms with Crippen LogP contribution in [0.2, 0.25) is 0 Å². The van der Waals surface area contributed by atoms with Gasteiger partial charge < -0.3 is 14.5 Å². The molecule has 3 rings (SSSR count). The fourth-order valence-corrected chi connectivity index (χ4v) is 2.52. The molecule has 3 heteroatoms. The van der Waals surface area contributed by atoms with Gasteiger partial charge in [-0.05, 0) is 36.7 Å². The third-order valence-electron chi connectivity index (χ3n) is 3.53. The van der Waals surface area contributed by atoms with Crippen LogP contribution in [0.15, 0.2) is 47.3 Å². The van der Waals surface area contributed by atoms with Crippen molar-refractivity contribution in [3.8, 4) is 5.75 Å². The Kier molecular flexibility index (Phi) is 3.07. The Balaban J connectivity index is 1.71. The standard InChI is InChI=1S/C15H17NO2/c1-16-13(8-11-6-7-17-10-11)15-9-12-4-2-3-5-14(12)18-15/h2-7,10,13,15-16H,8-9H2,1H3. The second-order valence-corrected chi connectivity index (χ2v) is 4.70. The van der Waals surface area contributed by atoms with Gasteiger partial charge in [-0.3, -0.25) is 0 Å². The summed E-state index contributed by atoms with van der Waals surface area (Å²) in [7, 11) is 1.98. The van der Waals surface area contributed by atoms with Gasteiger partial charge in [-0.15, -0.1) is 0 Å². The van der Waals surface area contributed by atoms with Crippen LogP contribution in [0.4, 0.5) is 0 Å². The summed E-state index contributed by atoms with van der Waals surface area (Å²) in [5.74, 6) is 1.02. The van der Waals surface area contributed by atoms with Gasteiger partial charge in [0.2, 0.25) is 0 Å². The molecule has 94 valence electrons. The SMILES string of the molecule is CNC(Cc1ccoc1)C1Cc2ccccc2O1. The molecule has 0 radical (unpaired) electrons. The second kappa shape index (κ2) is 4.86. The Morgan fingerprint density at radius 3 is 2.94 bits per heavy atom. The van der Waals surface area contributed by atoms with Crippen molar-refractivity contribution in [1.82, 2.24) is 5.32 Å². The highest BCUT2D eigenvalue weighted by Crippen LogP contribution is 2.30. The first-order valence-corrected chi connectivity index (χ1v) is 6.29. The third kappa shape index (κ3) is 2.14. The van der Waals surface area contributed by atoms with Gasteiger partial charge in [0.05, 0.1) is 12.5 Å². The van der Waals surface area contributed by atoms with Crippen molar-refractivity contribution in [2.75, 3.05) is 7.05 Å². The van der Waals surface area contributed by atoms with E-state index in [1.54, 1.807) is 12.5 Å². The molecule has 1 aliphatic rings. The molecule has 0 aliphatic carbocycles. The molecule has 2 heterocycles. The number of furan rings is 1. The van der Waals surface area contributed by atoms with E-state index in [-0.39, 0.29) is 6.10 Å². The smallest absolute Gasteiger partial charge is 0.123 e. The first-order valence-electron chi connectivity index (χ1n) is 6.29. The summed E-state index contributed by atoms with van der Waals surface area (Å²) < 4.78 is 11.1. The molecule has 2 unspecified atom stereocenters. The maximum atomic E-state index is 6.02. The maximum absolute atomic E-state index is 6.02. The lowest BCUT2D eigenvalue weighted by molar-refractivity contribution is 0.182. The van der Waals surface area contributed by atoms with Gasteiger partial charge in [0, 0.05) is 12.5 Å². The van der Waals surface area contributed by atoms with Gasteiger partial charge >= 0.3 is 0 Å². The molecule has 0 bridgehead atoms. The molecular weight excluding hydrogens is 226 g/mol. The number of hydrogen-bond acceptors (Lipinski definition) is 3. The van der Waals surface area contributed by atoms with Gasteiger partial charge in [-0.2, -0.15) is 0 Å². The number of ether oxygens (including phenoxy) is 1. The lowest BCUT2D eigenvalue weighted by Gasteiger charge is -2.22. The van der Waals surface area contributed by atoms with Gasteiger partial charge in [0.25, 0.3) is 0 Å². The van der Waals surface area contributed by atoms with E-state index in [9.17, 15) is 0 Å². The lowest BCUT2D eigenvalue weighted by atomic mass is 9.99. The average molecular weight is 243 g/mol. The minimum atomic E-state index is 0.197. The summed E-state index contributed by atoms with van der Waals surface area (Å²) >= 11 is 0. The van der Waals surface area contributed by atoms with Crippen molar-refractivity contribution in [3.05, 3.63) is 54.0 Å². The number of nitrogens with one attached hydrogen (secondary N) is 1. The highest BCUT2D eigenvalue weighted by atomic mass is 16.5.